The molecule has 4 aromatic rings. The summed E-state index contributed by atoms with van der Waals surface area (Å²) in [5, 5.41) is 0. The van der Waals surface area contributed by atoms with Gasteiger partial charge in [0.2, 0.25) is 0 Å². The molecule has 0 N–H and O–H groups in total. The average molecular weight is 468 g/mol. The van der Waals surface area contributed by atoms with Crippen LogP contribution in [0.25, 0.3) is 0 Å². The molecule has 156 valence electrons. The monoisotopic (exact) mass is 468 g/mol. The van der Waals surface area contributed by atoms with Gasteiger partial charge in [-0.3, -0.25) is 0 Å². The van der Waals surface area contributed by atoms with Gasteiger partial charge in [0.15, 0.2) is 0 Å². The second kappa shape index (κ2) is 14.4. The summed E-state index contributed by atoms with van der Waals surface area (Å²) in [5.41, 5.74) is 6.07. The molecule has 0 atom stereocenters. The smallest absolute Gasteiger partial charge is 0.214 e. The third kappa shape index (κ3) is 8.00. The van der Waals surface area contributed by atoms with Gasteiger partial charge in [-0.05, 0) is 0 Å². The Morgan fingerprint density at radius 2 is 1.00 bits per heavy atom. The van der Waals surface area contributed by atoms with Crippen molar-refractivity contribution in [1.82, 2.24) is 0 Å². The summed E-state index contributed by atoms with van der Waals surface area (Å²) < 4.78 is 0. The van der Waals surface area contributed by atoms with Crippen LogP contribution in [0.15, 0.2) is 97.1 Å². The molecule has 4 rings (SSSR count). The zero-order valence-corrected chi connectivity index (χ0v) is 20.1. The molecule has 0 radical (unpaired) electrons. The first-order valence-electron chi connectivity index (χ1n) is 9.94. The molecule has 0 aliphatic carbocycles. The predicted molar refractivity (Wildman–Crippen MR) is 119 cm³/mol. The molecule has 0 unspecified atom stereocenters. The van der Waals surface area contributed by atoms with Gasteiger partial charge in [-0.2, -0.15) is 70.8 Å². The number of hydrogen-bond donors (Lipinski definition) is 0. The fourth-order valence-corrected chi connectivity index (χ4v) is 3.54. The third-order valence-electron chi connectivity index (χ3n) is 5.03. The summed E-state index contributed by atoms with van der Waals surface area (Å²) in [5.74, 6) is 0. The molecule has 0 nitrogen and oxygen atoms in total. The summed E-state index contributed by atoms with van der Waals surface area (Å²) in [6, 6.07) is 33.4. The van der Waals surface area contributed by atoms with Crippen LogP contribution in [0.4, 0.5) is 0 Å². The standard InChI is InChI=1S/C17H22.2C5H5.2Fe/c1-5-13-9-7-11-15(13)17(3,4)16-12-8-10-14(16)6-2;2*1-2-4-5-3-1;;/h7-12H,5-6H2,1-4H3;2*1-5H;;/q-2;2*-1;2*+2. The van der Waals surface area contributed by atoms with Crippen molar-refractivity contribution < 1.29 is 34.1 Å². The van der Waals surface area contributed by atoms with E-state index in [2.05, 4.69) is 64.1 Å². The Hall–Kier alpha value is -1.56. The van der Waals surface area contributed by atoms with Gasteiger partial charge in [-0.25, -0.2) is 48.5 Å². The Balaban J connectivity index is 0.000000537. The van der Waals surface area contributed by atoms with Gasteiger partial charge < -0.3 is 0 Å². The van der Waals surface area contributed by atoms with Gasteiger partial charge in [-0.1, -0.05) is 46.0 Å². The number of rotatable bonds is 4. The van der Waals surface area contributed by atoms with Crippen molar-refractivity contribution in [1.29, 1.82) is 0 Å². The molecule has 0 heterocycles. The first-order valence-corrected chi connectivity index (χ1v) is 9.94. The maximum atomic E-state index is 2.34. The predicted octanol–water partition coefficient (Wildman–Crippen LogP) is 7.38. The Bertz CT molecular complexity index is 722. The molecule has 0 aromatic heterocycles. The van der Waals surface area contributed by atoms with Crippen molar-refractivity contribution in [2.45, 2.75) is 46.0 Å². The molecule has 0 bridgehead atoms. The summed E-state index contributed by atoms with van der Waals surface area (Å²) >= 11 is 0. The Kier molecular flexibility index (Phi) is 13.6. The molecule has 0 amide bonds. The normalized spacial score (nSPS) is 9.79. The maximum Gasteiger partial charge on any atom is 2.00 e. The quantitative estimate of drug-likeness (QED) is 0.217. The zero-order chi connectivity index (χ0) is 19.5. The van der Waals surface area contributed by atoms with E-state index in [1.165, 1.54) is 22.3 Å². The zero-order valence-electron chi connectivity index (χ0n) is 17.9. The van der Waals surface area contributed by atoms with E-state index < -0.39 is 0 Å². The Morgan fingerprint density at radius 1 is 0.655 bits per heavy atom. The molecule has 4 aromatic carbocycles. The van der Waals surface area contributed by atoms with E-state index >= 15 is 0 Å². The van der Waals surface area contributed by atoms with Crippen LogP contribution in [0.1, 0.15) is 49.9 Å². The first-order chi connectivity index (χ1) is 13.1. The summed E-state index contributed by atoms with van der Waals surface area (Å²) in [6.45, 7) is 9.16. The van der Waals surface area contributed by atoms with E-state index in [1.54, 1.807) is 0 Å². The van der Waals surface area contributed by atoms with Crippen LogP contribution < -0.4 is 0 Å². The largest absolute Gasteiger partial charge is 2.00 e. The minimum Gasteiger partial charge on any atom is -0.214 e. The SMILES string of the molecule is CCc1ccc[c-]1C(C)(C)[c-]1cccc1CC.[Fe+2].[Fe+2].c1cc[cH-]c1.c1cc[cH-]c1. The van der Waals surface area contributed by atoms with Gasteiger partial charge in [0.05, 0.1) is 0 Å². The van der Waals surface area contributed by atoms with E-state index in [0.717, 1.165) is 12.8 Å². The topological polar surface area (TPSA) is 0 Å². The first kappa shape index (κ1) is 27.4. The van der Waals surface area contributed by atoms with Gasteiger partial charge in [-0.15, -0.1) is 0 Å². The summed E-state index contributed by atoms with van der Waals surface area (Å²) in [4.78, 5) is 0. The van der Waals surface area contributed by atoms with Crippen molar-refractivity contribution in [2.24, 2.45) is 0 Å². The third-order valence-corrected chi connectivity index (χ3v) is 5.03. The molecular formula is C27H32Fe2. The average Bonchev–Trinajstić information content (AvgIpc) is 3.48. The second-order valence-electron chi connectivity index (χ2n) is 7.19. The molecule has 2 heteroatoms. The van der Waals surface area contributed by atoms with Crippen LogP contribution in [0.2, 0.25) is 0 Å². The number of aryl methyl sites for hydroxylation is 2. The minimum atomic E-state index is 0. The maximum absolute atomic E-state index is 2.34. The minimum absolute atomic E-state index is 0. The van der Waals surface area contributed by atoms with Crippen LogP contribution in [0.3, 0.4) is 0 Å². The fraction of sp³-hybridized carbons (Fsp3) is 0.259. The van der Waals surface area contributed by atoms with Crippen LogP contribution in [-0.2, 0) is 52.4 Å². The molecular weight excluding hydrogens is 436 g/mol. The van der Waals surface area contributed by atoms with Crippen molar-refractivity contribution >= 4 is 0 Å². The van der Waals surface area contributed by atoms with Crippen molar-refractivity contribution in [3.63, 3.8) is 0 Å². The molecule has 0 saturated heterocycles. The van der Waals surface area contributed by atoms with E-state index in [-0.39, 0.29) is 39.6 Å². The van der Waals surface area contributed by atoms with Gasteiger partial charge in [0, 0.05) is 0 Å². The van der Waals surface area contributed by atoms with Gasteiger partial charge >= 0.3 is 34.1 Å². The van der Waals surface area contributed by atoms with E-state index in [0.29, 0.717) is 0 Å². The number of hydrogen-bond acceptors (Lipinski definition) is 0. The summed E-state index contributed by atoms with van der Waals surface area (Å²) in [6.07, 6.45) is 2.24. The van der Waals surface area contributed by atoms with E-state index in [1.807, 2.05) is 60.7 Å². The second-order valence-corrected chi connectivity index (χ2v) is 7.19. The molecule has 0 fully saturated rings. The Labute approximate surface area is 198 Å². The van der Waals surface area contributed by atoms with E-state index in [4.69, 9.17) is 0 Å². The summed E-state index contributed by atoms with van der Waals surface area (Å²) in [7, 11) is 0. The van der Waals surface area contributed by atoms with Crippen LogP contribution in [0, 0.1) is 0 Å². The molecule has 0 aliphatic rings. The van der Waals surface area contributed by atoms with Crippen molar-refractivity contribution in [3.8, 4) is 0 Å². The van der Waals surface area contributed by atoms with Crippen molar-refractivity contribution in [3.05, 3.63) is 119 Å². The van der Waals surface area contributed by atoms with Crippen LogP contribution >= 0.6 is 0 Å². The van der Waals surface area contributed by atoms with Crippen molar-refractivity contribution in [2.75, 3.05) is 0 Å². The fourth-order valence-electron chi connectivity index (χ4n) is 3.54. The molecule has 29 heavy (non-hydrogen) atoms. The molecule has 0 spiro atoms. The molecule has 0 aliphatic heterocycles. The van der Waals surface area contributed by atoms with Gasteiger partial charge in [0.25, 0.3) is 0 Å². The molecule has 0 saturated carbocycles. The van der Waals surface area contributed by atoms with E-state index in [9.17, 15) is 0 Å². The Morgan fingerprint density at radius 3 is 1.24 bits per heavy atom. The van der Waals surface area contributed by atoms with Crippen LogP contribution in [-0.4, -0.2) is 0 Å². The van der Waals surface area contributed by atoms with Gasteiger partial charge in [0.1, 0.15) is 0 Å². The van der Waals surface area contributed by atoms with Crippen LogP contribution in [0.5, 0.6) is 0 Å².